The Balaban J connectivity index is 2.22. The molecule has 0 N–H and O–H groups in total. The van der Waals surface area contributed by atoms with Crippen LogP contribution < -0.4 is 4.74 Å². The van der Waals surface area contributed by atoms with Crippen molar-refractivity contribution in [3.8, 4) is 5.75 Å². The third-order valence-electron chi connectivity index (χ3n) is 3.01. The van der Waals surface area contributed by atoms with Gasteiger partial charge >= 0.3 is 0 Å². The Bertz CT molecular complexity index is 653. The minimum Gasteiger partial charge on any atom is -0.488 e. The quantitative estimate of drug-likeness (QED) is 0.758. The summed E-state index contributed by atoms with van der Waals surface area (Å²) in [5.74, 6) is 0.206. The van der Waals surface area contributed by atoms with E-state index >= 15 is 0 Å². The molecule has 0 heterocycles. The van der Waals surface area contributed by atoms with Gasteiger partial charge in [0.25, 0.3) is 0 Å². The zero-order valence-corrected chi connectivity index (χ0v) is 12.8. The number of hydrogen-bond acceptors (Lipinski definition) is 2. The largest absolute Gasteiger partial charge is 0.488 e. The average molecular weight is 337 g/mol. The minimum atomic E-state index is -0.266. The molecule has 4 heteroatoms. The van der Waals surface area contributed by atoms with Gasteiger partial charge in [-0.05, 0) is 55.3 Å². The van der Waals surface area contributed by atoms with Crippen molar-refractivity contribution < 1.29 is 13.9 Å². The van der Waals surface area contributed by atoms with Gasteiger partial charge in [0, 0.05) is 4.47 Å². The van der Waals surface area contributed by atoms with Gasteiger partial charge in [0.05, 0.1) is 5.56 Å². The highest BCUT2D eigenvalue weighted by atomic mass is 79.9. The number of carbonyl (C=O) groups excluding carboxylic acids is 1. The van der Waals surface area contributed by atoms with E-state index < -0.39 is 0 Å². The maximum Gasteiger partial charge on any atom is 0.163 e. The van der Waals surface area contributed by atoms with Gasteiger partial charge in [-0.2, -0.15) is 0 Å². The molecule has 20 heavy (non-hydrogen) atoms. The first-order valence-corrected chi connectivity index (χ1v) is 6.95. The van der Waals surface area contributed by atoms with Crippen molar-refractivity contribution in [3.05, 3.63) is 63.4 Å². The van der Waals surface area contributed by atoms with Crippen LogP contribution in [0.1, 0.15) is 28.4 Å². The number of rotatable bonds is 4. The second kappa shape index (κ2) is 6.18. The van der Waals surface area contributed by atoms with Gasteiger partial charge in [-0.15, -0.1) is 0 Å². The molecule has 0 unspecified atom stereocenters. The Morgan fingerprint density at radius 3 is 2.65 bits per heavy atom. The lowest BCUT2D eigenvalue weighted by molar-refractivity contribution is 0.101. The van der Waals surface area contributed by atoms with E-state index in [1.54, 1.807) is 24.3 Å². The molecule has 0 atom stereocenters. The first-order chi connectivity index (χ1) is 9.47. The van der Waals surface area contributed by atoms with Crippen molar-refractivity contribution in [1.82, 2.24) is 0 Å². The molecule has 2 rings (SSSR count). The first kappa shape index (κ1) is 14.7. The summed E-state index contributed by atoms with van der Waals surface area (Å²) in [5, 5.41) is 0. The second-order valence-electron chi connectivity index (χ2n) is 4.56. The summed E-state index contributed by atoms with van der Waals surface area (Å²) >= 11 is 3.35. The van der Waals surface area contributed by atoms with E-state index in [1.807, 2.05) is 6.92 Å². The lowest BCUT2D eigenvalue weighted by atomic mass is 10.1. The second-order valence-corrected chi connectivity index (χ2v) is 5.47. The fourth-order valence-electron chi connectivity index (χ4n) is 1.88. The zero-order valence-electron chi connectivity index (χ0n) is 11.2. The monoisotopic (exact) mass is 336 g/mol. The number of ketones is 1. The maximum absolute atomic E-state index is 13.0. The Morgan fingerprint density at radius 2 is 2.00 bits per heavy atom. The number of ether oxygens (including phenoxy) is 1. The predicted molar refractivity (Wildman–Crippen MR) is 79.6 cm³/mol. The predicted octanol–water partition coefficient (Wildman–Crippen LogP) is 4.68. The molecule has 0 saturated carbocycles. The van der Waals surface area contributed by atoms with Crippen LogP contribution in [0, 0.1) is 12.7 Å². The topological polar surface area (TPSA) is 26.3 Å². The van der Waals surface area contributed by atoms with E-state index in [0.717, 1.165) is 15.6 Å². The molecule has 0 amide bonds. The normalized spacial score (nSPS) is 10.4. The van der Waals surface area contributed by atoms with Crippen LogP contribution >= 0.6 is 15.9 Å². The van der Waals surface area contributed by atoms with Crippen molar-refractivity contribution >= 4 is 21.7 Å². The van der Waals surface area contributed by atoms with Gasteiger partial charge in [-0.3, -0.25) is 4.79 Å². The number of carbonyl (C=O) groups is 1. The van der Waals surface area contributed by atoms with Gasteiger partial charge in [-0.1, -0.05) is 22.0 Å². The van der Waals surface area contributed by atoms with Crippen molar-refractivity contribution in [2.75, 3.05) is 0 Å². The number of Topliss-reactive ketones (excluding diaryl/α,β-unsaturated/α-hetero) is 1. The first-order valence-electron chi connectivity index (χ1n) is 6.15. The van der Waals surface area contributed by atoms with E-state index in [4.69, 9.17) is 4.74 Å². The van der Waals surface area contributed by atoms with Crippen LogP contribution in [0.3, 0.4) is 0 Å². The highest BCUT2D eigenvalue weighted by molar-refractivity contribution is 9.10. The lowest BCUT2D eigenvalue weighted by Crippen LogP contribution is -2.03. The molecule has 0 aliphatic rings. The molecular formula is C16H14BrFO2. The summed E-state index contributed by atoms with van der Waals surface area (Å²) < 4.78 is 19.6. The molecule has 2 aromatic rings. The molecule has 0 fully saturated rings. The Hall–Kier alpha value is -1.68. The summed E-state index contributed by atoms with van der Waals surface area (Å²) in [7, 11) is 0. The highest BCUT2D eigenvalue weighted by Crippen LogP contribution is 2.25. The Morgan fingerprint density at radius 1 is 1.25 bits per heavy atom. The van der Waals surface area contributed by atoms with E-state index in [0.29, 0.717) is 17.9 Å². The molecule has 2 nitrogen and oxygen atoms in total. The Labute approximate surface area is 125 Å². The number of benzene rings is 2. The standard InChI is InChI=1S/C16H14BrFO2/c1-10-7-14(18)5-3-12(10)9-20-16-8-13(17)4-6-15(16)11(2)19/h3-8H,9H2,1-2H3. The van der Waals surface area contributed by atoms with Crippen LogP contribution in [0.2, 0.25) is 0 Å². The molecule has 0 spiro atoms. The van der Waals surface area contributed by atoms with Crippen LogP contribution in [-0.4, -0.2) is 5.78 Å². The molecule has 2 aromatic carbocycles. The van der Waals surface area contributed by atoms with Crippen molar-refractivity contribution in [3.63, 3.8) is 0 Å². The number of aryl methyl sites for hydroxylation is 1. The molecule has 0 radical (unpaired) electrons. The molecule has 0 aliphatic carbocycles. The fraction of sp³-hybridized carbons (Fsp3) is 0.188. The van der Waals surface area contributed by atoms with E-state index in [-0.39, 0.29) is 11.6 Å². The van der Waals surface area contributed by atoms with Gasteiger partial charge < -0.3 is 4.74 Å². The Kier molecular flexibility index (Phi) is 4.55. The molecular weight excluding hydrogens is 323 g/mol. The summed E-state index contributed by atoms with van der Waals surface area (Å²) in [6.07, 6.45) is 0. The van der Waals surface area contributed by atoms with Gasteiger partial charge in [0.2, 0.25) is 0 Å². The molecule has 0 aromatic heterocycles. The summed E-state index contributed by atoms with van der Waals surface area (Å²) in [6, 6.07) is 9.83. The molecule has 104 valence electrons. The molecule has 0 bridgehead atoms. The minimum absolute atomic E-state index is 0.0525. The van der Waals surface area contributed by atoms with E-state index in [2.05, 4.69) is 15.9 Å². The van der Waals surface area contributed by atoms with Gasteiger partial charge in [-0.25, -0.2) is 4.39 Å². The van der Waals surface area contributed by atoms with Crippen LogP contribution in [0.5, 0.6) is 5.75 Å². The average Bonchev–Trinajstić information content (AvgIpc) is 2.37. The number of hydrogen-bond donors (Lipinski definition) is 0. The van der Waals surface area contributed by atoms with Crippen LogP contribution in [0.25, 0.3) is 0 Å². The van der Waals surface area contributed by atoms with Crippen molar-refractivity contribution in [1.29, 1.82) is 0 Å². The summed E-state index contributed by atoms with van der Waals surface area (Å²) in [6.45, 7) is 3.62. The van der Waals surface area contributed by atoms with Crippen LogP contribution in [0.15, 0.2) is 40.9 Å². The SMILES string of the molecule is CC(=O)c1ccc(Br)cc1OCc1ccc(F)cc1C. The fourth-order valence-corrected chi connectivity index (χ4v) is 2.22. The van der Waals surface area contributed by atoms with Crippen molar-refractivity contribution in [2.45, 2.75) is 20.5 Å². The lowest BCUT2D eigenvalue weighted by Gasteiger charge is -2.12. The van der Waals surface area contributed by atoms with E-state index in [1.165, 1.54) is 19.1 Å². The number of halogens is 2. The molecule has 0 aliphatic heterocycles. The van der Waals surface area contributed by atoms with Crippen molar-refractivity contribution in [2.24, 2.45) is 0 Å². The van der Waals surface area contributed by atoms with Crippen LogP contribution in [0.4, 0.5) is 4.39 Å². The van der Waals surface area contributed by atoms with Crippen LogP contribution in [-0.2, 0) is 6.61 Å². The third-order valence-corrected chi connectivity index (χ3v) is 3.50. The summed E-state index contributed by atoms with van der Waals surface area (Å²) in [4.78, 5) is 11.6. The summed E-state index contributed by atoms with van der Waals surface area (Å²) in [5.41, 5.74) is 2.25. The van der Waals surface area contributed by atoms with E-state index in [9.17, 15) is 9.18 Å². The van der Waals surface area contributed by atoms with Gasteiger partial charge in [0.15, 0.2) is 5.78 Å². The highest BCUT2D eigenvalue weighted by Gasteiger charge is 2.10. The van der Waals surface area contributed by atoms with Gasteiger partial charge in [0.1, 0.15) is 18.2 Å². The maximum atomic E-state index is 13.0. The molecule has 0 saturated heterocycles. The zero-order chi connectivity index (χ0) is 14.7. The smallest absolute Gasteiger partial charge is 0.163 e. The third kappa shape index (κ3) is 3.45.